The Labute approximate surface area is 131 Å². The molecule has 0 saturated carbocycles. The van der Waals surface area contributed by atoms with Crippen LogP contribution < -0.4 is 0 Å². The molecule has 1 heterocycles. The van der Waals surface area contributed by atoms with E-state index >= 15 is 0 Å². The molecule has 0 bridgehead atoms. The van der Waals surface area contributed by atoms with Crippen molar-refractivity contribution in [2.24, 2.45) is 0 Å². The molecule has 104 valence electrons. The van der Waals surface area contributed by atoms with Gasteiger partial charge >= 0.3 is 0 Å². The van der Waals surface area contributed by atoms with Crippen molar-refractivity contribution in [3.05, 3.63) is 70.1 Å². The van der Waals surface area contributed by atoms with Gasteiger partial charge in [-0.15, -0.1) is 0 Å². The molecule has 0 amide bonds. The lowest BCUT2D eigenvalue weighted by atomic mass is 10.1. The van der Waals surface area contributed by atoms with E-state index < -0.39 is 0 Å². The summed E-state index contributed by atoms with van der Waals surface area (Å²) in [6.45, 7) is 0. The van der Waals surface area contributed by atoms with Gasteiger partial charge in [-0.3, -0.25) is 0 Å². The van der Waals surface area contributed by atoms with Crippen LogP contribution in [-0.4, -0.2) is 9.97 Å². The van der Waals surface area contributed by atoms with Crippen molar-refractivity contribution < 1.29 is 4.39 Å². The van der Waals surface area contributed by atoms with Gasteiger partial charge in [0.1, 0.15) is 16.3 Å². The minimum absolute atomic E-state index is 0.325. The van der Waals surface area contributed by atoms with Crippen LogP contribution in [0.25, 0.3) is 22.6 Å². The highest BCUT2D eigenvalue weighted by molar-refractivity contribution is 7.71. The molecule has 5 heteroatoms. The Morgan fingerprint density at radius 2 is 1.81 bits per heavy atom. The number of rotatable bonds is 2. The molecule has 0 unspecified atom stereocenters. The molecular formula is C16H10ClFN2S. The van der Waals surface area contributed by atoms with E-state index in [0.717, 1.165) is 5.56 Å². The van der Waals surface area contributed by atoms with Crippen molar-refractivity contribution in [2.45, 2.75) is 0 Å². The Balaban J connectivity index is 2.16. The SMILES string of the molecule is Fc1ccc(-c2cc(=S)nc(-c3ccccc3)[nH]2)c(Cl)c1. The normalized spacial score (nSPS) is 10.6. The number of H-pyrrole nitrogens is 1. The van der Waals surface area contributed by atoms with Crippen LogP contribution >= 0.6 is 23.8 Å². The topological polar surface area (TPSA) is 28.7 Å². The molecule has 0 aliphatic rings. The van der Waals surface area contributed by atoms with Gasteiger partial charge in [0.2, 0.25) is 0 Å². The number of nitrogens with one attached hydrogen (secondary N) is 1. The van der Waals surface area contributed by atoms with Crippen molar-refractivity contribution in [3.8, 4) is 22.6 Å². The van der Waals surface area contributed by atoms with E-state index in [0.29, 0.717) is 26.7 Å². The summed E-state index contributed by atoms with van der Waals surface area (Å²) in [5, 5.41) is 0.325. The molecule has 2 aromatic carbocycles. The molecule has 3 rings (SSSR count). The number of hydrogen-bond donors (Lipinski definition) is 1. The summed E-state index contributed by atoms with van der Waals surface area (Å²) in [5.41, 5.74) is 2.31. The lowest BCUT2D eigenvalue weighted by molar-refractivity contribution is 0.628. The second-order valence-electron chi connectivity index (χ2n) is 4.47. The highest BCUT2D eigenvalue weighted by Crippen LogP contribution is 2.28. The van der Waals surface area contributed by atoms with E-state index in [2.05, 4.69) is 9.97 Å². The number of halogens is 2. The summed E-state index contributed by atoms with van der Waals surface area (Å²) in [6, 6.07) is 15.6. The molecule has 0 atom stereocenters. The largest absolute Gasteiger partial charge is 0.339 e. The Morgan fingerprint density at radius 3 is 2.52 bits per heavy atom. The van der Waals surface area contributed by atoms with Crippen LogP contribution in [0.5, 0.6) is 0 Å². The van der Waals surface area contributed by atoms with Crippen LogP contribution in [-0.2, 0) is 0 Å². The number of benzene rings is 2. The van der Waals surface area contributed by atoms with E-state index in [4.69, 9.17) is 23.8 Å². The summed E-state index contributed by atoms with van der Waals surface area (Å²) >= 11 is 11.3. The minimum Gasteiger partial charge on any atom is -0.339 e. The zero-order chi connectivity index (χ0) is 14.8. The van der Waals surface area contributed by atoms with Crippen LogP contribution in [0, 0.1) is 10.5 Å². The summed E-state index contributed by atoms with van der Waals surface area (Å²) < 4.78 is 13.6. The second kappa shape index (κ2) is 5.76. The molecule has 1 N–H and O–H groups in total. The van der Waals surface area contributed by atoms with Gasteiger partial charge in [-0.25, -0.2) is 9.37 Å². The molecule has 2 nitrogen and oxygen atoms in total. The fourth-order valence-electron chi connectivity index (χ4n) is 2.04. The molecule has 1 aromatic heterocycles. The quantitative estimate of drug-likeness (QED) is 0.653. The molecule has 0 aliphatic carbocycles. The zero-order valence-electron chi connectivity index (χ0n) is 10.8. The fourth-order valence-corrected chi connectivity index (χ4v) is 2.52. The Morgan fingerprint density at radius 1 is 1.05 bits per heavy atom. The Hall–Kier alpha value is -2.04. The molecule has 21 heavy (non-hydrogen) atoms. The third kappa shape index (κ3) is 3.01. The van der Waals surface area contributed by atoms with Crippen molar-refractivity contribution in [1.29, 1.82) is 0 Å². The van der Waals surface area contributed by atoms with E-state index in [-0.39, 0.29) is 5.82 Å². The minimum atomic E-state index is -0.375. The first kappa shape index (κ1) is 13.9. The van der Waals surface area contributed by atoms with Gasteiger partial charge in [-0.2, -0.15) is 0 Å². The number of aromatic nitrogens is 2. The molecule has 0 spiro atoms. The standard InChI is InChI=1S/C16H10ClFN2S/c17-13-8-11(18)6-7-12(13)14-9-15(21)20-16(19-14)10-4-2-1-3-5-10/h1-9H,(H,19,20,21). The van der Waals surface area contributed by atoms with Crippen LogP contribution in [0.15, 0.2) is 54.6 Å². The maximum Gasteiger partial charge on any atom is 0.139 e. The predicted octanol–water partition coefficient (Wildman–Crippen LogP) is 5.27. The third-order valence-corrected chi connectivity index (χ3v) is 3.53. The van der Waals surface area contributed by atoms with Gasteiger partial charge in [0.05, 0.1) is 10.7 Å². The molecule has 0 fully saturated rings. The highest BCUT2D eigenvalue weighted by Gasteiger charge is 2.08. The predicted molar refractivity (Wildman–Crippen MR) is 85.3 cm³/mol. The van der Waals surface area contributed by atoms with Crippen molar-refractivity contribution in [2.75, 3.05) is 0 Å². The summed E-state index contributed by atoms with van der Waals surface area (Å²) in [5.74, 6) is 0.276. The molecule has 0 radical (unpaired) electrons. The first-order chi connectivity index (χ1) is 10.1. The van der Waals surface area contributed by atoms with Gasteiger partial charge in [0.25, 0.3) is 0 Å². The highest BCUT2D eigenvalue weighted by atomic mass is 35.5. The monoisotopic (exact) mass is 316 g/mol. The second-order valence-corrected chi connectivity index (χ2v) is 5.30. The maximum absolute atomic E-state index is 13.2. The smallest absolute Gasteiger partial charge is 0.139 e. The van der Waals surface area contributed by atoms with Crippen LogP contribution in [0.3, 0.4) is 0 Å². The Bertz CT molecular complexity index is 846. The van der Waals surface area contributed by atoms with Gasteiger partial charge in [-0.05, 0) is 24.3 Å². The van der Waals surface area contributed by atoms with Crippen molar-refractivity contribution in [1.82, 2.24) is 9.97 Å². The summed E-state index contributed by atoms with van der Waals surface area (Å²) in [4.78, 5) is 7.51. The van der Waals surface area contributed by atoms with Crippen molar-refractivity contribution in [3.63, 3.8) is 0 Å². The fraction of sp³-hybridized carbons (Fsp3) is 0. The van der Waals surface area contributed by atoms with Gasteiger partial charge in [0.15, 0.2) is 0 Å². The number of hydrogen-bond acceptors (Lipinski definition) is 2. The molecular weight excluding hydrogens is 307 g/mol. The van der Waals surface area contributed by atoms with E-state index in [1.807, 2.05) is 30.3 Å². The average molecular weight is 317 g/mol. The zero-order valence-corrected chi connectivity index (χ0v) is 12.4. The van der Waals surface area contributed by atoms with E-state index in [1.165, 1.54) is 12.1 Å². The third-order valence-electron chi connectivity index (χ3n) is 3.01. The van der Waals surface area contributed by atoms with E-state index in [9.17, 15) is 4.39 Å². The Kier molecular flexibility index (Phi) is 3.82. The van der Waals surface area contributed by atoms with Gasteiger partial charge in [0, 0.05) is 11.1 Å². The summed E-state index contributed by atoms with van der Waals surface area (Å²) in [6.07, 6.45) is 0. The molecule has 0 saturated heterocycles. The lowest BCUT2D eigenvalue weighted by Gasteiger charge is -2.08. The average Bonchev–Trinajstić information content (AvgIpc) is 2.47. The van der Waals surface area contributed by atoms with Gasteiger partial charge < -0.3 is 4.98 Å². The number of nitrogens with zero attached hydrogens (tertiary/aromatic N) is 1. The van der Waals surface area contributed by atoms with E-state index in [1.54, 1.807) is 12.1 Å². The molecule has 0 aliphatic heterocycles. The van der Waals surface area contributed by atoms with Crippen LogP contribution in [0.1, 0.15) is 0 Å². The first-order valence-electron chi connectivity index (χ1n) is 6.26. The number of aromatic amines is 1. The van der Waals surface area contributed by atoms with Crippen molar-refractivity contribution >= 4 is 23.8 Å². The molecule has 3 aromatic rings. The van der Waals surface area contributed by atoms with Crippen LogP contribution in [0.2, 0.25) is 5.02 Å². The van der Waals surface area contributed by atoms with Crippen LogP contribution in [0.4, 0.5) is 4.39 Å². The first-order valence-corrected chi connectivity index (χ1v) is 7.04. The maximum atomic E-state index is 13.2. The summed E-state index contributed by atoms with van der Waals surface area (Å²) in [7, 11) is 0. The van der Waals surface area contributed by atoms with Gasteiger partial charge in [-0.1, -0.05) is 54.2 Å². The lowest BCUT2D eigenvalue weighted by Crippen LogP contribution is -1.93.